The Morgan fingerprint density at radius 1 is 1.12 bits per heavy atom. The van der Waals surface area contributed by atoms with Gasteiger partial charge in [-0.2, -0.15) is 0 Å². The van der Waals surface area contributed by atoms with Crippen molar-refractivity contribution in [3.8, 4) is 0 Å². The van der Waals surface area contributed by atoms with Crippen molar-refractivity contribution in [2.75, 3.05) is 18.9 Å². The molecule has 0 fully saturated rings. The average molecular weight is 400 g/mol. The van der Waals surface area contributed by atoms with Gasteiger partial charge < -0.3 is 14.8 Å². The van der Waals surface area contributed by atoms with E-state index in [4.69, 9.17) is 0 Å². The minimum atomic E-state index is -0.249. The highest BCUT2D eigenvalue weighted by molar-refractivity contribution is 9.10. The molecule has 0 aliphatic heterocycles. The van der Waals surface area contributed by atoms with Crippen molar-refractivity contribution in [3.05, 3.63) is 64.8 Å². The lowest BCUT2D eigenvalue weighted by atomic mass is 10.2. The number of benzene rings is 2. The summed E-state index contributed by atoms with van der Waals surface area (Å²) in [7, 11) is 3.48. The first-order chi connectivity index (χ1) is 12.0. The molecule has 0 atom stereocenters. The van der Waals surface area contributed by atoms with Crippen LogP contribution in [-0.4, -0.2) is 34.9 Å². The van der Waals surface area contributed by atoms with Gasteiger partial charge in [-0.25, -0.2) is 0 Å². The van der Waals surface area contributed by atoms with E-state index in [9.17, 15) is 9.59 Å². The number of carbonyl (C=O) groups is 2. The summed E-state index contributed by atoms with van der Waals surface area (Å²) in [6, 6.07) is 17.0. The van der Waals surface area contributed by atoms with Gasteiger partial charge in [0.25, 0.3) is 5.91 Å². The molecule has 0 aliphatic rings. The van der Waals surface area contributed by atoms with Crippen molar-refractivity contribution in [1.82, 2.24) is 9.47 Å². The Morgan fingerprint density at radius 2 is 1.80 bits per heavy atom. The highest BCUT2D eigenvalue weighted by Crippen LogP contribution is 2.21. The predicted octanol–water partition coefficient (Wildman–Crippen LogP) is 3.65. The summed E-state index contributed by atoms with van der Waals surface area (Å²) in [5, 5.41) is 3.80. The molecule has 1 heterocycles. The zero-order chi connectivity index (χ0) is 18.0. The third-order valence-corrected chi connectivity index (χ3v) is 4.74. The minimum absolute atomic E-state index is 0.0261. The van der Waals surface area contributed by atoms with Gasteiger partial charge >= 0.3 is 0 Å². The van der Waals surface area contributed by atoms with Crippen LogP contribution in [0, 0.1) is 0 Å². The Balaban J connectivity index is 1.72. The highest BCUT2D eigenvalue weighted by atomic mass is 79.9. The lowest BCUT2D eigenvalue weighted by Crippen LogP contribution is -2.35. The van der Waals surface area contributed by atoms with E-state index in [1.807, 2.05) is 60.1 Å². The Morgan fingerprint density at radius 3 is 2.52 bits per heavy atom. The number of likely N-dealkylation sites (N-methyl/N-ethyl adjacent to an activating group) is 1. The number of fused-ring (bicyclic) bond motifs is 1. The summed E-state index contributed by atoms with van der Waals surface area (Å²) >= 11 is 3.39. The van der Waals surface area contributed by atoms with Crippen molar-refractivity contribution in [3.63, 3.8) is 0 Å². The minimum Gasteiger partial charge on any atom is -0.340 e. The second-order valence-electron chi connectivity index (χ2n) is 5.84. The van der Waals surface area contributed by atoms with Crippen LogP contribution in [0.4, 0.5) is 5.69 Å². The van der Waals surface area contributed by atoms with Crippen molar-refractivity contribution in [2.45, 2.75) is 0 Å². The van der Waals surface area contributed by atoms with Gasteiger partial charge in [-0.05, 0) is 40.2 Å². The molecule has 1 aromatic heterocycles. The summed E-state index contributed by atoms with van der Waals surface area (Å²) in [5.74, 6) is -0.442. The van der Waals surface area contributed by atoms with Gasteiger partial charge in [-0.1, -0.05) is 30.3 Å². The van der Waals surface area contributed by atoms with Crippen molar-refractivity contribution in [1.29, 1.82) is 0 Å². The standard InChI is InChI=1S/C19H18BrN3O2/c1-22(12-18(24)21-15-9-5-4-8-14(15)20)19(25)17-11-13-7-3-6-10-16(13)23(17)2/h3-11H,12H2,1-2H3,(H,21,24). The first-order valence-electron chi connectivity index (χ1n) is 7.81. The molecule has 3 rings (SSSR count). The number of aryl methyl sites for hydroxylation is 1. The van der Waals surface area contributed by atoms with Gasteiger partial charge in [0.2, 0.25) is 5.91 Å². The van der Waals surface area contributed by atoms with Gasteiger partial charge in [0.15, 0.2) is 0 Å². The molecule has 2 amide bonds. The molecule has 25 heavy (non-hydrogen) atoms. The molecule has 128 valence electrons. The molecular formula is C19H18BrN3O2. The summed E-state index contributed by atoms with van der Waals surface area (Å²) in [5.41, 5.74) is 2.22. The predicted molar refractivity (Wildman–Crippen MR) is 103 cm³/mol. The Kier molecular flexibility index (Phi) is 4.90. The molecule has 0 unspecified atom stereocenters. The fraction of sp³-hybridized carbons (Fsp3) is 0.158. The first kappa shape index (κ1) is 17.2. The van der Waals surface area contributed by atoms with Crippen LogP contribution in [-0.2, 0) is 11.8 Å². The number of rotatable bonds is 4. The van der Waals surface area contributed by atoms with E-state index in [2.05, 4.69) is 21.2 Å². The van der Waals surface area contributed by atoms with Crippen molar-refractivity contribution in [2.24, 2.45) is 7.05 Å². The Labute approximate surface area is 154 Å². The van der Waals surface area contributed by atoms with Crippen LogP contribution < -0.4 is 5.32 Å². The molecule has 6 heteroatoms. The fourth-order valence-corrected chi connectivity index (χ4v) is 3.11. The lowest BCUT2D eigenvalue weighted by Gasteiger charge is -2.17. The smallest absolute Gasteiger partial charge is 0.270 e. The highest BCUT2D eigenvalue weighted by Gasteiger charge is 2.19. The number of hydrogen-bond donors (Lipinski definition) is 1. The van der Waals surface area contributed by atoms with Crippen LogP contribution in [0.2, 0.25) is 0 Å². The molecule has 0 bridgehead atoms. The number of para-hydroxylation sites is 2. The molecule has 0 saturated carbocycles. The average Bonchev–Trinajstić information content (AvgIpc) is 2.93. The molecule has 5 nitrogen and oxygen atoms in total. The number of amides is 2. The second-order valence-corrected chi connectivity index (χ2v) is 6.69. The molecule has 3 aromatic rings. The molecule has 0 spiro atoms. The van der Waals surface area contributed by atoms with Gasteiger partial charge in [0, 0.05) is 29.5 Å². The molecule has 0 aliphatic carbocycles. The first-order valence-corrected chi connectivity index (χ1v) is 8.61. The van der Waals surface area contributed by atoms with E-state index in [-0.39, 0.29) is 18.4 Å². The van der Waals surface area contributed by atoms with Gasteiger partial charge in [-0.3, -0.25) is 9.59 Å². The fourth-order valence-electron chi connectivity index (χ4n) is 2.73. The van der Waals surface area contributed by atoms with Crippen LogP contribution >= 0.6 is 15.9 Å². The van der Waals surface area contributed by atoms with Crippen LogP contribution in [0.5, 0.6) is 0 Å². The number of aromatic nitrogens is 1. The molecule has 2 aromatic carbocycles. The lowest BCUT2D eigenvalue weighted by molar-refractivity contribution is -0.116. The normalized spacial score (nSPS) is 10.7. The van der Waals surface area contributed by atoms with Crippen LogP contribution in [0.1, 0.15) is 10.5 Å². The SMILES string of the molecule is CN(CC(=O)Nc1ccccc1Br)C(=O)c1cc2ccccc2n1C. The van der Waals surface area contributed by atoms with E-state index in [0.29, 0.717) is 11.4 Å². The van der Waals surface area contributed by atoms with E-state index in [1.54, 1.807) is 13.1 Å². The van der Waals surface area contributed by atoms with E-state index >= 15 is 0 Å². The third kappa shape index (κ3) is 3.58. The zero-order valence-electron chi connectivity index (χ0n) is 14.0. The molecule has 0 saturated heterocycles. The Hall–Kier alpha value is -2.60. The quantitative estimate of drug-likeness (QED) is 0.727. The molecule has 1 N–H and O–H groups in total. The van der Waals surface area contributed by atoms with E-state index in [0.717, 1.165) is 15.4 Å². The van der Waals surface area contributed by atoms with E-state index in [1.165, 1.54) is 4.90 Å². The van der Waals surface area contributed by atoms with Gasteiger partial charge in [-0.15, -0.1) is 0 Å². The largest absolute Gasteiger partial charge is 0.340 e. The maximum absolute atomic E-state index is 12.7. The summed E-state index contributed by atoms with van der Waals surface area (Å²) in [6.07, 6.45) is 0. The van der Waals surface area contributed by atoms with Crippen LogP contribution in [0.25, 0.3) is 10.9 Å². The number of anilines is 1. The van der Waals surface area contributed by atoms with Gasteiger partial charge in [0.1, 0.15) is 5.69 Å². The van der Waals surface area contributed by atoms with Crippen molar-refractivity contribution >= 4 is 44.3 Å². The molecular weight excluding hydrogens is 382 g/mol. The van der Waals surface area contributed by atoms with E-state index < -0.39 is 0 Å². The van der Waals surface area contributed by atoms with Crippen molar-refractivity contribution < 1.29 is 9.59 Å². The van der Waals surface area contributed by atoms with Crippen LogP contribution in [0.15, 0.2) is 59.1 Å². The number of hydrogen-bond acceptors (Lipinski definition) is 2. The maximum atomic E-state index is 12.7. The van der Waals surface area contributed by atoms with Crippen LogP contribution in [0.3, 0.4) is 0 Å². The second kappa shape index (κ2) is 7.11. The zero-order valence-corrected chi connectivity index (χ0v) is 15.6. The number of carbonyl (C=O) groups excluding carboxylic acids is 2. The number of nitrogens with zero attached hydrogens (tertiary/aromatic N) is 2. The molecule has 0 radical (unpaired) electrons. The maximum Gasteiger partial charge on any atom is 0.270 e. The topological polar surface area (TPSA) is 54.3 Å². The Bertz CT molecular complexity index is 949. The summed E-state index contributed by atoms with van der Waals surface area (Å²) in [4.78, 5) is 26.4. The number of nitrogens with one attached hydrogen (secondary N) is 1. The number of halogens is 1. The monoisotopic (exact) mass is 399 g/mol. The van der Waals surface area contributed by atoms with Gasteiger partial charge in [0.05, 0.1) is 12.2 Å². The summed E-state index contributed by atoms with van der Waals surface area (Å²) in [6.45, 7) is -0.0261. The third-order valence-electron chi connectivity index (χ3n) is 4.05. The summed E-state index contributed by atoms with van der Waals surface area (Å²) < 4.78 is 2.64.